The number of aromatic carboxylic acids is 1. The van der Waals surface area contributed by atoms with E-state index in [9.17, 15) is 9.90 Å². The van der Waals surface area contributed by atoms with Gasteiger partial charge >= 0.3 is 51.4 Å². The maximum atomic E-state index is 11.7. The van der Waals surface area contributed by atoms with Crippen LogP contribution in [-0.2, 0) is 6.42 Å². The van der Waals surface area contributed by atoms with Crippen LogP contribution in [0.1, 0.15) is 68.4 Å². The Bertz CT molecular complexity index is 922. The number of hydrogen-bond donors (Lipinski definition) is 0. The van der Waals surface area contributed by atoms with E-state index in [1.165, 1.54) is 6.07 Å². The minimum atomic E-state index is -1.25. The smallest absolute Gasteiger partial charge is 0.545 e. The molecule has 6 heteroatoms. The SMILES string of the molecule is CC1(C)CCCC(C)(C)N1Oc1ccc(C(=O)[O-])c2c1Cc1ccccc1O2.[K+]. The summed E-state index contributed by atoms with van der Waals surface area (Å²) in [7, 11) is 0. The summed E-state index contributed by atoms with van der Waals surface area (Å²) < 4.78 is 5.98. The summed E-state index contributed by atoms with van der Waals surface area (Å²) in [6.07, 6.45) is 3.78. The molecule has 2 aliphatic rings. The van der Waals surface area contributed by atoms with Crippen LogP contribution in [0.25, 0.3) is 0 Å². The zero-order valence-electron chi connectivity index (χ0n) is 17.9. The van der Waals surface area contributed by atoms with Gasteiger partial charge in [-0.15, -0.1) is 5.06 Å². The van der Waals surface area contributed by atoms with Gasteiger partial charge in [-0.25, -0.2) is 0 Å². The number of ether oxygens (including phenoxy) is 1. The minimum Gasteiger partial charge on any atom is -0.545 e. The van der Waals surface area contributed by atoms with E-state index in [0.29, 0.717) is 23.7 Å². The molecule has 0 saturated carbocycles. The zero-order valence-corrected chi connectivity index (χ0v) is 21.0. The number of nitrogens with zero attached hydrogens (tertiary/aromatic N) is 1. The Balaban J connectivity index is 0.00000240. The van der Waals surface area contributed by atoms with Gasteiger partial charge in [-0.05, 0) is 70.7 Å². The maximum absolute atomic E-state index is 11.7. The first-order chi connectivity index (χ1) is 13.2. The average molecular weight is 420 g/mol. The van der Waals surface area contributed by atoms with Crippen LogP contribution in [0.2, 0.25) is 0 Å². The number of carboxylic acid groups (broad SMARTS) is 1. The molecule has 2 heterocycles. The van der Waals surface area contributed by atoms with Crippen molar-refractivity contribution in [3.63, 3.8) is 0 Å². The molecular weight excluding hydrogens is 393 g/mol. The Morgan fingerprint density at radius 2 is 1.72 bits per heavy atom. The first-order valence-electron chi connectivity index (χ1n) is 9.80. The van der Waals surface area contributed by atoms with E-state index in [-0.39, 0.29) is 68.0 Å². The number of carbonyl (C=O) groups is 1. The molecule has 0 amide bonds. The fourth-order valence-electron chi connectivity index (χ4n) is 4.51. The molecule has 2 aromatic carbocycles. The van der Waals surface area contributed by atoms with Crippen molar-refractivity contribution >= 4 is 5.97 Å². The monoisotopic (exact) mass is 419 g/mol. The number of para-hydroxylation sites is 1. The van der Waals surface area contributed by atoms with E-state index in [1.54, 1.807) is 6.07 Å². The van der Waals surface area contributed by atoms with Crippen LogP contribution < -0.4 is 66.1 Å². The molecule has 1 saturated heterocycles. The topological polar surface area (TPSA) is 61.8 Å². The largest absolute Gasteiger partial charge is 1.00 e. The Morgan fingerprint density at radius 3 is 2.38 bits per heavy atom. The van der Waals surface area contributed by atoms with Crippen molar-refractivity contribution in [2.24, 2.45) is 0 Å². The molecule has 0 bridgehead atoms. The molecule has 5 nitrogen and oxygen atoms in total. The van der Waals surface area contributed by atoms with Gasteiger partial charge in [0.05, 0.1) is 17.0 Å². The van der Waals surface area contributed by atoms with Crippen molar-refractivity contribution in [3.8, 4) is 17.2 Å². The van der Waals surface area contributed by atoms with Crippen LogP contribution in [0.5, 0.6) is 17.2 Å². The number of fused-ring (bicyclic) bond motifs is 2. The molecule has 4 rings (SSSR count). The second kappa shape index (κ2) is 8.33. The summed E-state index contributed by atoms with van der Waals surface area (Å²) in [6.45, 7) is 8.73. The van der Waals surface area contributed by atoms with Crippen molar-refractivity contribution in [2.45, 2.75) is 64.5 Å². The number of carbonyl (C=O) groups excluding carboxylic acids is 1. The quantitative estimate of drug-likeness (QED) is 0.595. The van der Waals surface area contributed by atoms with Crippen LogP contribution in [0.4, 0.5) is 0 Å². The second-order valence-electron chi connectivity index (χ2n) is 8.96. The number of hydrogen-bond acceptors (Lipinski definition) is 5. The number of hydroxylamine groups is 2. The van der Waals surface area contributed by atoms with Crippen molar-refractivity contribution in [3.05, 3.63) is 53.1 Å². The van der Waals surface area contributed by atoms with E-state index < -0.39 is 5.97 Å². The zero-order chi connectivity index (χ0) is 20.1. The van der Waals surface area contributed by atoms with Crippen LogP contribution in [0.15, 0.2) is 36.4 Å². The second-order valence-corrected chi connectivity index (χ2v) is 8.96. The maximum Gasteiger partial charge on any atom is 1.00 e. The van der Waals surface area contributed by atoms with Crippen molar-refractivity contribution in [1.82, 2.24) is 5.06 Å². The Hall–Kier alpha value is -0.894. The van der Waals surface area contributed by atoms with Crippen LogP contribution in [-0.4, -0.2) is 22.1 Å². The fourth-order valence-corrected chi connectivity index (χ4v) is 4.51. The van der Waals surface area contributed by atoms with Crippen LogP contribution in [0, 0.1) is 0 Å². The molecule has 0 aliphatic carbocycles. The number of benzene rings is 2. The third kappa shape index (κ3) is 4.29. The third-order valence-electron chi connectivity index (χ3n) is 5.86. The van der Waals surface area contributed by atoms with E-state index in [0.717, 1.165) is 30.4 Å². The summed E-state index contributed by atoms with van der Waals surface area (Å²) >= 11 is 0. The van der Waals surface area contributed by atoms with Gasteiger partial charge in [0.15, 0.2) is 5.75 Å². The number of piperidine rings is 1. The fraction of sp³-hybridized carbons (Fsp3) is 0.435. The van der Waals surface area contributed by atoms with Crippen LogP contribution in [0.3, 0.4) is 0 Å². The van der Waals surface area contributed by atoms with Crippen LogP contribution >= 0.6 is 0 Å². The Morgan fingerprint density at radius 1 is 1.07 bits per heavy atom. The van der Waals surface area contributed by atoms with Gasteiger partial charge in [0.2, 0.25) is 0 Å². The number of carboxylic acids is 1. The molecule has 2 aromatic rings. The van der Waals surface area contributed by atoms with E-state index in [1.807, 2.05) is 24.3 Å². The third-order valence-corrected chi connectivity index (χ3v) is 5.86. The van der Waals surface area contributed by atoms with Gasteiger partial charge in [-0.1, -0.05) is 18.2 Å². The van der Waals surface area contributed by atoms with Gasteiger partial charge in [-0.3, -0.25) is 0 Å². The summed E-state index contributed by atoms with van der Waals surface area (Å²) in [5, 5.41) is 13.7. The van der Waals surface area contributed by atoms with Gasteiger partial charge in [0.25, 0.3) is 0 Å². The predicted molar refractivity (Wildman–Crippen MR) is 105 cm³/mol. The summed E-state index contributed by atoms with van der Waals surface area (Å²) in [6, 6.07) is 10.9. The van der Waals surface area contributed by atoms with Gasteiger partial charge in [0.1, 0.15) is 11.5 Å². The van der Waals surface area contributed by atoms with Gasteiger partial charge in [0, 0.05) is 17.5 Å². The summed E-state index contributed by atoms with van der Waals surface area (Å²) in [5.41, 5.74) is 1.54. The van der Waals surface area contributed by atoms with E-state index >= 15 is 0 Å². The van der Waals surface area contributed by atoms with Gasteiger partial charge < -0.3 is 19.5 Å². The van der Waals surface area contributed by atoms with Gasteiger partial charge in [-0.2, -0.15) is 0 Å². The standard InChI is InChI=1S/C23H27NO4.K/c1-22(2)12-7-13-23(3,4)24(22)28-19-11-10-16(21(25)26)20-17(19)14-15-8-5-6-9-18(15)27-20;/h5-6,8-11H,7,12-14H2,1-4H3,(H,25,26);/q;+1/p-1. The molecular formula is C23H26KNO4. The normalized spacial score (nSPS) is 19.2. The molecule has 0 atom stereocenters. The molecule has 0 radical (unpaired) electrons. The summed E-state index contributed by atoms with van der Waals surface area (Å²) in [4.78, 5) is 18.1. The first-order valence-corrected chi connectivity index (χ1v) is 9.80. The Labute approximate surface area is 214 Å². The summed E-state index contributed by atoms with van der Waals surface area (Å²) in [5.74, 6) is 0.385. The molecule has 0 spiro atoms. The van der Waals surface area contributed by atoms with Crippen molar-refractivity contribution in [2.75, 3.05) is 0 Å². The molecule has 0 unspecified atom stereocenters. The van der Waals surface area contributed by atoms with Crippen molar-refractivity contribution in [1.29, 1.82) is 0 Å². The first kappa shape index (κ1) is 22.8. The van der Waals surface area contributed by atoms with Crippen molar-refractivity contribution < 1.29 is 70.9 Å². The molecule has 148 valence electrons. The predicted octanol–water partition coefficient (Wildman–Crippen LogP) is 1.09. The Kier molecular flexibility index (Phi) is 6.54. The number of rotatable bonds is 3. The van der Waals surface area contributed by atoms with E-state index in [4.69, 9.17) is 9.57 Å². The molecule has 0 aromatic heterocycles. The average Bonchev–Trinajstić information content (AvgIpc) is 2.62. The molecule has 29 heavy (non-hydrogen) atoms. The molecule has 0 N–H and O–H groups in total. The molecule has 2 aliphatic heterocycles. The molecule has 1 fully saturated rings. The minimum absolute atomic E-state index is 0. The van der Waals surface area contributed by atoms with E-state index in [2.05, 4.69) is 32.8 Å².